The highest BCUT2D eigenvalue weighted by atomic mass is 79.9. The molecule has 98 valence electrons. The Balaban J connectivity index is 2.53. The van der Waals surface area contributed by atoms with Crippen LogP contribution in [0.5, 0.6) is 0 Å². The topological polar surface area (TPSA) is 17.1 Å². The van der Waals surface area contributed by atoms with Gasteiger partial charge in [0.05, 0.1) is 5.56 Å². The molecule has 0 radical (unpaired) electrons. The molecule has 0 N–H and O–H groups in total. The van der Waals surface area contributed by atoms with Crippen LogP contribution in [0.15, 0.2) is 39.3 Å². The Morgan fingerprint density at radius 2 is 1.47 bits per heavy atom. The number of hydrogen-bond donors (Lipinski definition) is 0. The van der Waals surface area contributed by atoms with Gasteiger partial charge in [-0.05, 0) is 30.3 Å². The Labute approximate surface area is 123 Å². The fourth-order valence-corrected chi connectivity index (χ4v) is 2.84. The fraction of sp³-hybridized carbons (Fsp3) is 0. The average Bonchev–Trinajstić information content (AvgIpc) is 2.34. The summed E-state index contributed by atoms with van der Waals surface area (Å²) in [6, 6.07) is 6.27. The predicted octanol–water partition coefficient (Wildman–Crippen LogP) is 4.86. The molecule has 0 aromatic heterocycles. The molecule has 0 amide bonds. The van der Waals surface area contributed by atoms with Gasteiger partial charge in [0.1, 0.15) is 0 Å². The minimum atomic E-state index is -1.65. The molecule has 19 heavy (non-hydrogen) atoms. The third kappa shape index (κ3) is 2.90. The summed E-state index contributed by atoms with van der Waals surface area (Å²) in [4.78, 5) is 12.1. The molecule has 1 nitrogen and oxygen atoms in total. The number of hydrogen-bond acceptors (Lipinski definition) is 1. The largest absolute Gasteiger partial charge is 0.288 e. The highest BCUT2D eigenvalue weighted by Gasteiger charge is 2.20. The molecule has 0 spiro atoms. The Morgan fingerprint density at radius 3 is 2.05 bits per heavy atom. The first-order chi connectivity index (χ1) is 8.90. The van der Waals surface area contributed by atoms with Crippen molar-refractivity contribution in [1.82, 2.24) is 0 Å². The highest BCUT2D eigenvalue weighted by Crippen LogP contribution is 2.24. The molecule has 6 heteroatoms. The van der Waals surface area contributed by atoms with E-state index in [4.69, 9.17) is 0 Å². The van der Waals surface area contributed by atoms with Crippen LogP contribution in [0, 0.1) is 17.5 Å². The molecule has 0 saturated heterocycles. The molecule has 2 rings (SSSR count). The molecule has 0 aliphatic rings. The van der Waals surface area contributed by atoms with E-state index < -0.39 is 28.8 Å². The number of carbonyl (C=O) groups excluding carboxylic acids is 1. The molecular weight excluding hydrogens is 389 g/mol. The maximum absolute atomic E-state index is 13.5. The first kappa shape index (κ1) is 14.3. The quantitative estimate of drug-likeness (QED) is 0.526. The third-order valence-electron chi connectivity index (χ3n) is 2.40. The van der Waals surface area contributed by atoms with Crippen molar-refractivity contribution < 1.29 is 18.0 Å². The van der Waals surface area contributed by atoms with Crippen LogP contribution in [0.2, 0.25) is 0 Å². The van der Waals surface area contributed by atoms with Crippen LogP contribution in [0.25, 0.3) is 0 Å². The van der Waals surface area contributed by atoms with E-state index in [9.17, 15) is 18.0 Å². The lowest BCUT2D eigenvalue weighted by atomic mass is 10.0. The van der Waals surface area contributed by atoms with E-state index in [1.165, 1.54) is 12.1 Å². The average molecular weight is 394 g/mol. The first-order valence-electron chi connectivity index (χ1n) is 5.04. The summed E-state index contributed by atoms with van der Waals surface area (Å²) < 4.78 is 40.7. The van der Waals surface area contributed by atoms with Gasteiger partial charge in [-0.15, -0.1) is 0 Å². The summed E-state index contributed by atoms with van der Waals surface area (Å²) >= 11 is 6.38. The van der Waals surface area contributed by atoms with Crippen molar-refractivity contribution in [3.63, 3.8) is 0 Å². The Hall–Kier alpha value is -1.14. The van der Waals surface area contributed by atoms with E-state index in [-0.39, 0.29) is 5.56 Å². The number of carbonyl (C=O) groups is 1. The fourth-order valence-electron chi connectivity index (χ4n) is 1.54. The molecule has 0 aliphatic carbocycles. The second kappa shape index (κ2) is 5.46. The minimum Gasteiger partial charge on any atom is -0.288 e. The lowest BCUT2D eigenvalue weighted by Crippen LogP contribution is -2.07. The first-order valence-corrected chi connectivity index (χ1v) is 6.63. The van der Waals surface area contributed by atoms with Crippen LogP contribution in [0.3, 0.4) is 0 Å². The smallest absolute Gasteiger partial charge is 0.196 e. The van der Waals surface area contributed by atoms with Crippen molar-refractivity contribution in [3.05, 3.63) is 67.9 Å². The van der Waals surface area contributed by atoms with Gasteiger partial charge in [0.15, 0.2) is 23.2 Å². The van der Waals surface area contributed by atoms with Gasteiger partial charge in [0.2, 0.25) is 0 Å². The van der Waals surface area contributed by atoms with Crippen LogP contribution >= 0.6 is 31.9 Å². The van der Waals surface area contributed by atoms with Crippen LogP contribution in [-0.4, -0.2) is 5.78 Å². The maximum atomic E-state index is 13.5. The zero-order valence-electron chi connectivity index (χ0n) is 9.18. The minimum absolute atomic E-state index is 0.158. The zero-order chi connectivity index (χ0) is 14.2. The normalized spacial score (nSPS) is 10.6. The molecular formula is C13H5Br2F3O. The summed E-state index contributed by atoms with van der Waals surface area (Å²) in [5.41, 5.74) is -0.352. The van der Waals surface area contributed by atoms with Crippen LogP contribution < -0.4 is 0 Å². The van der Waals surface area contributed by atoms with E-state index >= 15 is 0 Å². The monoisotopic (exact) mass is 392 g/mol. The van der Waals surface area contributed by atoms with Gasteiger partial charge in [0.25, 0.3) is 0 Å². The lowest BCUT2D eigenvalue weighted by molar-refractivity contribution is 0.103. The van der Waals surface area contributed by atoms with E-state index in [1.807, 2.05) is 0 Å². The van der Waals surface area contributed by atoms with Gasteiger partial charge >= 0.3 is 0 Å². The van der Waals surface area contributed by atoms with Crippen LogP contribution in [0.1, 0.15) is 15.9 Å². The summed E-state index contributed by atoms with van der Waals surface area (Å²) in [7, 11) is 0. The van der Waals surface area contributed by atoms with Crippen molar-refractivity contribution >= 4 is 37.6 Å². The van der Waals surface area contributed by atoms with Gasteiger partial charge in [-0.1, -0.05) is 31.9 Å². The molecule has 0 bridgehead atoms. The standard InChI is InChI=1S/C13H5Br2F3O/c14-7-3-6(4-8(15)5-7)13(19)9-1-2-10(16)12(18)11(9)17/h1-5H. The molecule has 0 heterocycles. The van der Waals surface area contributed by atoms with Gasteiger partial charge < -0.3 is 0 Å². The SMILES string of the molecule is O=C(c1cc(Br)cc(Br)c1)c1ccc(F)c(F)c1F. The lowest BCUT2D eigenvalue weighted by Gasteiger charge is -2.05. The molecule has 0 aliphatic heterocycles. The number of benzene rings is 2. The molecule has 2 aromatic rings. The van der Waals surface area contributed by atoms with Gasteiger partial charge in [-0.2, -0.15) is 0 Å². The van der Waals surface area contributed by atoms with E-state index in [0.29, 0.717) is 8.95 Å². The van der Waals surface area contributed by atoms with Crippen molar-refractivity contribution in [3.8, 4) is 0 Å². The Kier molecular flexibility index (Phi) is 4.10. The van der Waals surface area contributed by atoms with Crippen molar-refractivity contribution in [2.24, 2.45) is 0 Å². The number of ketones is 1. The third-order valence-corrected chi connectivity index (χ3v) is 3.32. The highest BCUT2D eigenvalue weighted by molar-refractivity contribution is 9.11. The number of halogens is 5. The summed E-state index contributed by atoms with van der Waals surface area (Å²) in [5, 5.41) is 0. The summed E-state index contributed by atoms with van der Waals surface area (Å²) in [6.45, 7) is 0. The second-order valence-corrected chi connectivity index (χ2v) is 5.54. The Morgan fingerprint density at radius 1 is 0.895 bits per heavy atom. The Bertz CT molecular complexity index is 651. The predicted molar refractivity (Wildman–Crippen MR) is 71.6 cm³/mol. The van der Waals surface area contributed by atoms with E-state index in [1.54, 1.807) is 6.07 Å². The van der Waals surface area contributed by atoms with Crippen molar-refractivity contribution in [1.29, 1.82) is 0 Å². The molecule has 0 atom stereocenters. The van der Waals surface area contributed by atoms with E-state index in [0.717, 1.165) is 12.1 Å². The molecule has 0 fully saturated rings. The van der Waals surface area contributed by atoms with Gasteiger partial charge in [-0.25, -0.2) is 13.2 Å². The van der Waals surface area contributed by atoms with Crippen molar-refractivity contribution in [2.75, 3.05) is 0 Å². The maximum Gasteiger partial charge on any atom is 0.196 e. The van der Waals surface area contributed by atoms with Gasteiger partial charge in [0, 0.05) is 14.5 Å². The second-order valence-electron chi connectivity index (χ2n) is 3.71. The molecule has 2 aromatic carbocycles. The summed E-state index contributed by atoms with van der Waals surface area (Å²) in [6.07, 6.45) is 0. The van der Waals surface area contributed by atoms with Crippen molar-refractivity contribution in [2.45, 2.75) is 0 Å². The zero-order valence-corrected chi connectivity index (χ0v) is 12.4. The molecule has 0 saturated carbocycles. The van der Waals surface area contributed by atoms with Gasteiger partial charge in [-0.3, -0.25) is 4.79 Å². The van der Waals surface area contributed by atoms with Crippen LogP contribution in [0.4, 0.5) is 13.2 Å². The number of rotatable bonds is 2. The van der Waals surface area contributed by atoms with Crippen LogP contribution in [-0.2, 0) is 0 Å². The molecule has 0 unspecified atom stereocenters. The van der Waals surface area contributed by atoms with E-state index in [2.05, 4.69) is 31.9 Å². The summed E-state index contributed by atoms with van der Waals surface area (Å²) in [5.74, 6) is -5.19.